The van der Waals surface area contributed by atoms with Crippen molar-refractivity contribution in [2.75, 3.05) is 21.3 Å². The highest BCUT2D eigenvalue weighted by atomic mass is 16.6. The van der Waals surface area contributed by atoms with Gasteiger partial charge in [0.2, 0.25) is 17.7 Å². The molecule has 0 heterocycles. The van der Waals surface area contributed by atoms with Crippen LogP contribution in [0.3, 0.4) is 0 Å². The van der Waals surface area contributed by atoms with Gasteiger partial charge < -0.3 is 45.2 Å². The average Bonchev–Trinajstić information content (AvgIpc) is 2.90. The van der Waals surface area contributed by atoms with E-state index in [-0.39, 0.29) is 85.0 Å². The molecule has 23 heteroatoms. The van der Waals surface area contributed by atoms with Crippen LogP contribution >= 0.6 is 0 Å². The number of hydrogen-bond donors (Lipinski definition) is 6. The summed E-state index contributed by atoms with van der Waals surface area (Å²) in [5.41, 5.74) is 19.8. The number of nitrogens with two attached hydrogens (primary N) is 2. The summed E-state index contributed by atoms with van der Waals surface area (Å²) in [5, 5.41) is 14.9. The molecule has 3 aromatic rings. The second-order valence-electron chi connectivity index (χ2n) is 23.3. The average molecular weight is 1310 g/mol. The number of ether oxygens (including phenoxy) is 6. The van der Waals surface area contributed by atoms with E-state index in [1.165, 1.54) is 136 Å². The summed E-state index contributed by atoms with van der Waals surface area (Å²) in [6.45, 7) is 6.58. The Morgan fingerprint density at radius 3 is 1.03 bits per heavy atom. The second kappa shape index (κ2) is 50.2. The minimum atomic E-state index is -1.47. The Balaban J connectivity index is 1.77. The molecule has 23 nitrogen and oxygen atoms in total. The van der Waals surface area contributed by atoms with Gasteiger partial charge in [0.15, 0.2) is 40.5 Å². The van der Waals surface area contributed by atoms with Gasteiger partial charge in [-0.3, -0.25) is 33.6 Å². The number of amides is 4. The number of benzene rings is 3. The molecule has 0 saturated heterocycles. The third-order valence-electron chi connectivity index (χ3n) is 15.5. The highest BCUT2D eigenvalue weighted by Gasteiger charge is 2.28. The van der Waals surface area contributed by atoms with E-state index in [9.17, 15) is 33.6 Å². The molecule has 0 aromatic heterocycles. The fourth-order valence-electron chi connectivity index (χ4n) is 10.2. The molecule has 3 rings (SSSR count). The lowest BCUT2D eigenvalue weighted by Crippen LogP contribution is -2.49. The smallest absolute Gasteiger partial charge is 0.311 e. The van der Waals surface area contributed by atoms with Gasteiger partial charge in [0.1, 0.15) is 12.1 Å². The number of guanidine groups is 1. The summed E-state index contributed by atoms with van der Waals surface area (Å²) in [7, 11) is 4.30. The molecule has 4 amide bonds. The third kappa shape index (κ3) is 34.5. The highest BCUT2D eigenvalue weighted by Crippen LogP contribution is 2.33. The number of nitrogens with zero attached hydrogens (tertiary/aromatic N) is 4. The van der Waals surface area contributed by atoms with Gasteiger partial charge in [-0.05, 0) is 68.5 Å². The fraction of sp³-hybridized carbons (Fsp3) is 0.592. The summed E-state index contributed by atoms with van der Waals surface area (Å²) in [5.74, 6) is -3.76. The molecule has 94 heavy (non-hydrogen) atoms. The first-order chi connectivity index (χ1) is 45.7. The normalized spacial score (nSPS) is 11.9. The Hall–Kier alpha value is -8.37. The van der Waals surface area contributed by atoms with E-state index in [4.69, 9.17) is 39.9 Å². The highest BCUT2D eigenvalue weighted by molar-refractivity contribution is 5.94. The Morgan fingerprint density at radius 2 is 0.713 bits per heavy atom. The van der Waals surface area contributed by atoms with Gasteiger partial charge in [-0.2, -0.15) is 15.3 Å². The monoisotopic (exact) mass is 1310 g/mol. The van der Waals surface area contributed by atoms with E-state index in [1.807, 2.05) is 0 Å². The predicted octanol–water partition coefficient (Wildman–Crippen LogP) is 12.6. The number of carbonyl (C=O) groups is 7. The molecule has 0 fully saturated rings. The van der Waals surface area contributed by atoms with E-state index in [2.05, 4.69) is 62.7 Å². The minimum absolute atomic E-state index is 0.0829. The van der Waals surface area contributed by atoms with Gasteiger partial charge in [0, 0.05) is 48.8 Å². The van der Waals surface area contributed by atoms with Crippen LogP contribution in [0.2, 0.25) is 0 Å². The third-order valence-corrected chi connectivity index (χ3v) is 15.5. The van der Waals surface area contributed by atoms with Crippen LogP contribution in [-0.4, -0.2) is 99.6 Å². The van der Waals surface area contributed by atoms with Crippen molar-refractivity contribution >= 4 is 66.1 Å². The first kappa shape index (κ1) is 79.9. The molecule has 0 radical (unpaired) electrons. The molecule has 3 aromatic carbocycles. The van der Waals surface area contributed by atoms with Crippen molar-refractivity contribution in [3.63, 3.8) is 0 Å². The van der Waals surface area contributed by atoms with E-state index in [0.29, 0.717) is 30.4 Å². The summed E-state index contributed by atoms with van der Waals surface area (Å²) < 4.78 is 33.8. The zero-order valence-corrected chi connectivity index (χ0v) is 56.9. The van der Waals surface area contributed by atoms with Crippen LogP contribution in [0.15, 0.2) is 74.9 Å². The van der Waals surface area contributed by atoms with Gasteiger partial charge >= 0.3 is 17.9 Å². The molecular weight excluding hydrogens is 1200 g/mol. The number of unbranched alkanes of at least 4 members (excludes halogenated alkanes) is 24. The van der Waals surface area contributed by atoms with Crippen LogP contribution in [0.1, 0.15) is 256 Å². The second-order valence-corrected chi connectivity index (χ2v) is 23.3. The van der Waals surface area contributed by atoms with Gasteiger partial charge in [-0.25, -0.2) is 21.3 Å². The van der Waals surface area contributed by atoms with Crippen LogP contribution in [0.4, 0.5) is 0 Å². The fourth-order valence-corrected chi connectivity index (χ4v) is 10.2. The number of para-hydroxylation sites is 3. The van der Waals surface area contributed by atoms with Gasteiger partial charge in [0.25, 0.3) is 5.91 Å². The number of hydrogen-bond acceptors (Lipinski definition) is 17. The molecule has 8 N–H and O–H groups in total. The minimum Gasteiger partial charge on any atom is -0.493 e. The van der Waals surface area contributed by atoms with E-state index in [0.717, 1.165) is 57.8 Å². The quantitative estimate of drug-likeness (QED) is 0.00764. The zero-order valence-electron chi connectivity index (χ0n) is 56.9. The van der Waals surface area contributed by atoms with Crippen LogP contribution in [-0.2, 0) is 33.6 Å². The lowest BCUT2D eigenvalue weighted by Gasteiger charge is -2.20. The van der Waals surface area contributed by atoms with E-state index >= 15 is 0 Å². The number of hydrazone groups is 3. The molecule has 0 aliphatic rings. The van der Waals surface area contributed by atoms with Crippen LogP contribution in [0, 0.1) is 0 Å². The van der Waals surface area contributed by atoms with Crippen LogP contribution in [0.5, 0.6) is 34.5 Å². The Labute approximate surface area is 557 Å². The van der Waals surface area contributed by atoms with Gasteiger partial charge in [-0.15, -0.1) is 0 Å². The number of rotatable bonds is 52. The number of methoxy groups -OCH3 is 3. The summed E-state index contributed by atoms with van der Waals surface area (Å²) >= 11 is 0. The molecule has 0 unspecified atom stereocenters. The zero-order chi connectivity index (χ0) is 68.4. The first-order valence-electron chi connectivity index (χ1n) is 34.2. The Kier molecular flexibility index (Phi) is 42.6. The van der Waals surface area contributed by atoms with E-state index in [1.54, 1.807) is 54.6 Å². The summed E-state index contributed by atoms with van der Waals surface area (Å²) in [4.78, 5) is 98.1. The first-order valence-corrected chi connectivity index (χ1v) is 34.2. The van der Waals surface area contributed by atoms with Crippen molar-refractivity contribution in [1.82, 2.24) is 21.6 Å². The maximum atomic E-state index is 14.1. The van der Waals surface area contributed by atoms with Gasteiger partial charge in [-0.1, -0.05) is 193 Å². The number of esters is 3. The number of nitrogens with one attached hydrogen (secondary N) is 4. The molecule has 520 valence electrons. The lowest BCUT2D eigenvalue weighted by molar-refractivity contribution is -0.135. The standard InChI is InChI=1S/C71H108N10O13/c1-7-10-13-16-19-22-25-28-31-43-63(84)92-66-53(37-34-40-58(66)89-4)50-74-79-61(82)48-46-56(78-71(72)73)69(87)77-57(70(88)81-76-52-55-39-36-42-60(91-6)68(55)94-65(86)45-33-30-27-24-21-18-15-12-9-3)47-49-62(83)80-75-51-54-38-35-41-59(90-5)67(54)93-64(85)44-32-29-26-23-20-17-14-11-8-2/h34-42,50-52,56-57H,7-33,43-49H2,1-6H3,(H,77,87)(H,79,82)(H,80,83)(H,81,88)(H4,72,73,78)/b74-50+,75-51+,76-52+/t56-,57-/m0/s1. The Bertz CT molecular complexity index is 2860. The topological polar surface area (TPSA) is 324 Å². The molecule has 2 atom stereocenters. The maximum absolute atomic E-state index is 14.1. The molecular formula is C71H108N10O13. The van der Waals surface area contributed by atoms with Crippen molar-refractivity contribution in [3.8, 4) is 34.5 Å². The maximum Gasteiger partial charge on any atom is 0.311 e. The van der Waals surface area contributed by atoms with Crippen molar-refractivity contribution in [2.24, 2.45) is 31.8 Å². The van der Waals surface area contributed by atoms with Crippen LogP contribution in [0.25, 0.3) is 0 Å². The molecule has 0 spiro atoms. The van der Waals surface area contributed by atoms with Crippen molar-refractivity contribution in [1.29, 1.82) is 0 Å². The number of aliphatic imine (C=N–C) groups is 1. The van der Waals surface area contributed by atoms with Crippen molar-refractivity contribution in [2.45, 2.75) is 251 Å². The summed E-state index contributed by atoms with van der Waals surface area (Å²) in [6, 6.07) is 11.9. The SMILES string of the molecule is CCCCCCCCCCCC(=O)Oc1c(/C=N/NC(=O)CC[C@H](N=C(N)N)C(=O)N[C@@H](CCC(=O)N/N=C/c2cccc(OC)c2OC(=O)CCCCCCCCCCC)C(=O)N/N=C/c2cccc(OC)c2OC(=O)CCCCCCCCCCC)cccc1OC. The predicted molar refractivity (Wildman–Crippen MR) is 369 cm³/mol. The van der Waals surface area contributed by atoms with Crippen LogP contribution < -0.4 is 61.5 Å². The number of carbonyl (C=O) groups excluding carboxylic acids is 7. The van der Waals surface area contributed by atoms with E-state index < -0.39 is 59.6 Å². The largest absolute Gasteiger partial charge is 0.493 e. The lowest BCUT2D eigenvalue weighted by atomic mass is 10.1. The molecule has 0 bridgehead atoms. The summed E-state index contributed by atoms with van der Waals surface area (Å²) in [6.07, 6.45) is 32.5. The molecule has 0 saturated carbocycles. The van der Waals surface area contributed by atoms with Crippen molar-refractivity contribution < 1.29 is 62.0 Å². The molecule has 0 aliphatic heterocycles. The van der Waals surface area contributed by atoms with Gasteiger partial charge in [0.05, 0.1) is 40.0 Å². The van der Waals surface area contributed by atoms with Crippen molar-refractivity contribution in [3.05, 3.63) is 71.3 Å². The Morgan fingerprint density at radius 1 is 0.404 bits per heavy atom. The molecule has 0 aliphatic carbocycles.